The normalized spacial score (nSPS) is 13.8. The number of halogens is 1. The van der Waals surface area contributed by atoms with Gasteiger partial charge in [0, 0.05) is 12.2 Å². The first-order valence-electron chi connectivity index (χ1n) is 8.57. The van der Waals surface area contributed by atoms with Crippen molar-refractivity contribution in [3.63, 3.8) is 0 Å². The minimum atomic E-state index is -0.520. The zero-order valence-corrected chi connectivity index (χ0v) is 14.2. The molecule has 3 rings (SSSR count). The van der Waals surface area contributed by atoms with E-state index in [1.165, 1.54) is 49.0 Å². The van der Waals surface area contributed by atoms with Crippen LogP contribution in [0.1, 0.15) is 32.1 Å². The van der Waals surface area contributed by atoms with E-state index in [-0.39, 0.29) is 23.1 Å². The molecule has 0 fully saturated rings. The molecule has 26 heavy (non-hydrogen) atoms. The smallest absolute Gasteiger partial charge is 0.353 e. The summed E-state index contributed by atoms with van der Waals surface area (Å²) in [4.78, 5) is 19.0. The van der Waals surface area contributed by atoms with Crippen LogP contribution in [0.2, 0.25) is 0 Å². The minimum Gasteiger partial charge on any atom is -0.364 e. The third kappa shape index (κ3) is 4.53. The van der Waals surface area contributed by atoms with Crippen LogP contribution in [-0.2, 0) is 0 Å². The van der Waals surface area contributed by atoms with E-state index in [0.29, 0.717) is 12.2 Å². The number of aromatic nitrogens is 2. The summed E-state index contributed by atoms with van der Waals surface area (Å²) in [5.74, 6) is -0.144. The maximum absolute atomic E-state index is 13.0. The first-order valence-corrected chi connectivity index (χ1v) is 8.57. The Balaban J connectivity index is 1.73. The lowest BCUT2D eigenvalue weighted by Gasteiger charge is -2.13. The molecule has 1 aliphatic rings. The molecule has 1 heterocycles. The molecule has 0 radical (unpaired) electrons. The average Bonchev–Trinajstić information content (AvgIpc) is 2.64. The highest BCUT2D eigenvalue weighted by molar-refractivity contribution is 5.73. The fourth-order valence-corrected chi connectivity index (χ4v) is 2.92. The summed E-state index contributed by atoms with van der Waals surface area (Å²) in [5, 5.41) is 17.4. The lowest BCUT2D eigenvalue weighted by atomic mass is 9.97. The van der Waals surface area contributed by atoms with Crippen molar-refractivity contribution < 1.29 is 9.31 Å². The zero-order valence-electron chi connectivity index (χ0n) is 14.2. The molecule has 0 unspecified atom stereocenters. The summed E-state index contributed by atoms with van der Waals surface area (Å²) >= 11 is 0. The Morgan fingerprint density at radius 2 is 1.92 bits per heavy atom. The van der Waals surface area contributed by atoms with E-state index in [4.69, 9.17) is 0 Å². The van der Waals surface area contributed by atoms with Gasteiger partial charge < -0.3 is 10.6 Å². The zero-order chi connectivity index (χ0) is 18.4. The van der Waals surface area contributed by atoms with Gasteiger partial charge >= 0.3 is 5.69 Å². The number of nitrogens with one attached hydrogen (secondary N) is 2. The van der Waals surface area contributed by atoms with Crippen LogP contribution in [0.3, 0.4) is 0 Å². The van der Waals surface area contributed by atoms with E-state index >= 15 is 0 Å². The molecular weight excluding hydrogens is 337 g/mol. The second-order valence-corrected chi connectivity index (χ2v) is 6.09. The van der Waals surface area contributed by atoms with E-state index in [1.807, 2.05) is 0 Å². The Hall–Kier alpha value is -3.03. The molecule has 0 atom stereocenters. The molecule has 2 aromatic rings. The van der Waals surface area contributed by atoms with Crippen LogP contribution in [0.25, 0.3) is 0 Å². The number of nitro groups is 1. The Labute approximate surface area is 150 Å². The highest BCUT2D eigenvalue weighted by Crippen LogP contribution is 2.31. The second-order valence-electron chi connectivity index (χ2n) is 6.09. The average molecular weight is 357 g/mol. The third-order valence-corrected chi connectivity index (χ3v) is 4.24. The number of benzene rings is 1. The van der Waals surface area contributed by atoms with Gasteiger partial charge in [-0.3, -0.25) is 10.1 Å². The van der Waals surface area contributed by atoms with Gasteiger partial charge in [-0.25, -0.2) is 14.4 Å². The monoisotopic (exact) mass is 357 g/mol. The van der Waals surface area contributed by atoms with Crippen LogP contribution < -0.4 is 10.6 Å². The topological polar surface area (TPSA) is 93.0 Å². The van der Waals surface area contributed by atoms with Crippen LogP contribution in [0.4, 0.5) is 27.4 Å². The summed E-state index contributed by atoms with van der Waals surface area (Å²) in [6.07, 6.45) is 8.97. The van der Waals surface area contributed by atoms with E-state index in [2.05, 4.69) is 26.7 Å². The highest BCUT2D eigenvalue weighted by Gasteiger charge is 2.23. The molecule has 2 N–H and O–H groups in total. The molecule has 0 amide bonds. The fourth-order valence-electron chi connectivity index (χ4n) is 2.92. The molecule has 136 valence electrons. The second kappa shape index (κ2) is 8.37. The van der Waals surface area contributed by atoms with Gasteiger partial charge in [-0.05, 0) is 56.4 Å². The van der Waals surface area contributed by atoms with Gasteiger partial charge in [0.15, 0.2) is 0 Å². The lowest BCUT2D eigenvalue weighted by Crippen LogP contribution is -2.10. The van der Waals surface area contributed by atoms with E-state index < -0.39 is 4.92 Å². The molecule has 0 saturated carbocycles. The highest BCUT2D eigenvalue weighted by atomic mass is 19.1. The quantitative estimate of drug-likeness (QED) is 0.428. The Bertz CT molecular complexity index is 808. The van der Waals surface area contributed by atoms with Crippen LogP contribution in [0.15, 0.2) is 42.2 Å². The number of allylic oxidation sites excluding steroid dienone is 1. The van der Waals surface area contributed by atoms with E-state index in [9.17, 15) is 14.5 Å². The number of nitrogens with zero attached hydrogens (tertiary/aromatic N) is 3. The molecule has 0 bridgehead atoms. The van der Waals surface area contributed by atoms with Crippen molar-refractivity contribution in [1.82, 2.24) is 9.97 Å². The molecule has 1 aromatic heterocycles. The first kappa shape index (κ1) is 17.8. The van der Waals surface area contributed by atoms with Crippen molar-refractivity contribution in [2.75, 3.05) is 17.2 Å². The van der Waals surface area contributed by atoms with Gasteiger partial charge in [-0.2, -0.15) is 0 Å². The summed E-state index contributed by atoms with van der Waals surface area (Å²) < 4.78 is 13.0. The predicted molar refractivity (Wildman–Crippen MR) is 98.0 cm³/mol. The Morgan fingerprint density at radius 3 is 2.62 bits per heavy atom. The number of rotatable bonds is 7. The van der Waals surface area contributed by atoms with Crippen LogP contribution in [0, 0.1) is 15.9 Å². The number of hydrogen-bond donors (Lipinski definition) is 2. The summed E-state index contributed by atoms with van der Waals surface area (Å²) in [5.41, 5.74) is 1.66. The van der Waals surface area contributed by atoms with Crippen LogP contribution >= 0.6 is 0 Å². The van der Waals surface area contributed by atoms with Gasteiger partial charge in [-0.1, -0.05) is 11.6 Å². The molecular formula is C18H20FN5O2. The third-order valence-electron chi connectivity index (χ3n) is 4.24. The van der Waals surface area contributed by atoms with Gasteiger partial charge in [0.05, 0.1) is 4.92 Å². The maximum atomic E-state index is 13.0. The van der Waals surface area contributed by atoms with Crippen molar-refractivity contribution in [3.8, 4) is 0 Å². The Morgan fingerprint density at radius 1 is 1.15 bits per heavy atom. The molecule has 1 aromatic carbocycles. The largest absolute Gasteiger partial charge is 0.364 e. The summed E-state index contributed by atoms with van der Waals surface area (Å²) in [6.45, 7) is 0.569. The molecule has 0 aliphatic heterocycles. The van der Waals surface area contributed by atoms with Crippen molar-refractivity contribution in [1.29, 1.82) is 0 Å². The summed E-state index contributed by atoms with van der Waals surface area (Å²) in [7, 11) is 0. The summed E-state index contributed by atoms with van der Waals surface area (Å²) in [6, 6.07) is 5.52. The van der Waals surface area contributed by atoms with Gasteiger partial charge in [0.2, 0.25) is 11.6 Å². The predicted octanol–water partition coefficient (Wildman–Crippen LogP) is 4.57. The standard InChI is InChI=1S/C18H20FN5O2/c19-14-6-8-15(9-7-14)23-18-16(24(25)26)17(21-12-22-18)20-11-10-13-4-2-1-3-5-13/h4,6-9,12H,1-3,5,10-11H2,(H2,20,21,22,23). The van der Waals surface area contributed by atoms with E-state index in [1.54, 1.807) is 0 Å². The minimum absolute atomic E-state index is 0.0657. The van der Waals surface area contributed by atoms with Gasteiger partial charge in [0.25, 0.3) is 0 Å². The molecule has 0 saturated heterocycles. The van der Waals surface area contributed by atoms with Gasteiger partial charge in [0.1, 0.15) is 12.1 Å². The molecule has 8 heteroatoms. The van der Waals surface area contributed by atoms with E-state index in [0.717, 1.165) is 19.3 Å². The Kier molecular flexibility index (Phi) is 5.73. The molecule has 1 aliphatic carbocycles. The first-order chi connectivity index (χ1) is 12.6. The number of anilines is 3. The van der Waals surface area contributed by atoms with Crippen molar-refractivity contribution in [2.45, 2.75) is 32.1 Å². The maximum Gasteiger partial charge on any atom is 0.353 e. The van der Waals surface area contributed by atoms with Crippen LogP contribution in [0.5, 0.6) is 0 Å². The molecule has 0 spiro atoms. The lowest BCUT2D eigenvalue weighted by molar-refractivity contribution is -0.383. The SMILES string of the molecule is O=[N+]([O-])c1c(NCCC2=CCCCC2)ncnc1Nc1ccc(F)cc1. The van der Waals surface area contributed by atoms with Crippen molar-refractivity contribution in [2.24, 2.45) is 0 Å². The fraction of sp³-hybridized carbons (Fsp3) is 0.333. The van der Waals surface area contributed by atoms with Crippen molar-refractivity contribution >= 4 is 23.0 Å². The van der Waals surface area contributed by atoms with Gasteiger partial charge in [-0.15, -0.1) is 0 Å². The number of hydrogen-bond acceptors (Lipinski definition) is 6. The van der Waals surface area contributed by atoms with Crippen LogP contribution in [-0.4, -0.2) is 21.4 Å². The van der Waals surface area contributed by atoms with Crippen molar-refractivity contribution in [3.05, 3.63) is 58.2 Å². The molecule has 7 nitrogen and oxygen atoms in total.